The summed E-state index contributed by atoms with van der Waals surface area (Å²) < 4.78 is 5.46. The fraction of sp³-hybridized carbons (Fsp3) is 0.444. The number of rotatable bonds is 2. The second-order valence-corrected chi connectivity index (χ2v) is 4.12. The molecule has 2 atom stereocenters. The topological polar surface area (TPSA) is 58.6 Å². The van der Waals surface area contributed by atoms with E-state index in [-0.39, 0.29) is 12.7 Å². The van der Waals surface area contributed by atoms with E-state index >= 15 is 0 Å². The van der Waals surface area contributed by atoms with Crippen LogP contribution in [0.5, 0.6) is 0 Å². The summed E-state index contributed by atoms with van der Waals surface area (Å²) in [4.78, 5) is 11.7. The Kier molecular flexibility index (Phi) is 2.81. The van der Waals surface area contributed by atoms with E-state index in [9.17, 15) is 4.79 Å². The zero-order valence-corrected chi connectivity index (χ0v) is 8.29. The first-order valence-corrected chi connectivity index (χ1v) is 5.26. The molecule has 0 aromatic carbocycles. The summed E-state index contributed by atoms with van der Waals surface area (Å²) in [5.74, 6) is -0.852. The first-order valence-electron chi connectivity index (χ1n) is 4.38. The lowest BCUT2D eigenvalue weighted by Gasteiger charge is -2.27. The van der Waals surface area contributed by atoms with Crippen LogP contribution in [0.15, 0.2) is 17.5 Å². The van der Waals surface area contributed by atoms with Crippen molar-refractivity contribution in [1.82, 2.24) is 5.32 Å². The van der Waals surface area contributed by atoms with Crippen molar-refractivity contribution in [3.05, 3.63) is 22.4 Å². The van der Waals surface area contributed by atoms with Gasteiger partial charge in [-0.25, -0.2) is 0 Å². The van der Waals surface area contributed by atoms with E-state index in [1.807, 2.05) is 17.5 Å². The molecule has 0 saturated carbocycles. The predicted molar refractivity (Wildman–Crippen MR) is 52.4 cm³/mol. The van der Waals surface area contributed by atoms with Crippen LogP contribution in [0.1, 0.15) is 11.0 Å². The highest BCUT2D eigenvalue weighted by molar-refractivity contribution is 7.10. The molecule has 2 unspecified atom stereocenters. The van der Waals surface area contributed by atoms with Gasteiger partial charge < -0.3 is 9.84 Å². The van der Waals surface area contributed by atoms with Crippen LogP contribution in [0.4, 0.5) is 0 Å². The van der Waals surface area contributed by atoms with Crippen LogP contribution in [0.2, 0.25) is 0 Å². The average molecular weight is 213 g/mol. The van der Waals surface area contributed by atoms with Gasteiger partial charge in [-0.2, -0.15) is 0 Å². The third-order valence-electron chi connectivity index (χ3n) is 2.17. The molecule has 0 radical (unpaired) electrons. The largest absolute Gasteiger partial charge is 0.480 e. The maximum Gasteiger partial charge on any atom is 0.323 e. The number of hydrogen-bond acceptors (Lipinski definition) is 4. The summed E-state index contributed by atoms with van der Waals surface area (Å²) in [5, 5.41) is 13.6. The second kappa shape index (κ2) is 4.08. The fourth-order valence-electron chi connectivity index (χ4n) is 1.40. The molecule has 2 rings (SSSR count). The minimum absolute atomic E-state index is 0.00519. The van der Waals surface area contributed by atoms with Gasteiger partial charge >= 0.3 is 5.97 Å². The van der Waals surface area contributed by atoms with Crippen molar-refractivity contribution in [3.8, 4) is 0 Å². The lowest BCUT2D eigenvalue weighted by molar-refractivity contribution is -0.144. The number of hydrogen-bond donors (Lipinski definition) is 2. The molecule has 0 aliphatic carbocycles. The van der Waals surface area contributed by atoms with E-state index in [0.717, 1.165) is 4.88 Å². The molecule has 1 aromatic heterocycles. The molecule has 1 aliphatic rings. The van der Waals surface area contributed by atoms with Crippen molar-refractivity contribution in [2.75, 3.05) is 13.2 Å². The SMILES string of the molecule is O=C(O)C1COC(c2cccs2)CN1. The normalized spacial score (nSPS) is 27.4. The highest BCUT2D eigenvalue weighted by atomic mass is 32.1. The molecule has 1 aromatic rings. The highest BCUT2D eigenvalue weighted by Crippen LogP contribution is 2.24. The Bertz CT molecular complexity index is 304. The summed E-state index contributed by atoms with van der Waals surface area (Å²) in [6.07, 6.45) is 0.00519. The van der Waals surface area contributed by atoms with Gasteiger partial charge in [0, 0.05) is 11.4 Å². The Morgan fingerprint density at radius 3 is 3.07 bits per heavy atom. The Morgan fingerprint density at radius 1 is 1.71 bits per heavy atom. The molecule has 0 bridgehead atoms. The Morgan fingerprint density at radius 2 is 2.57 bits per heavy atom. The van der Waals surface area contributed by atoms with Gasteiger partial charge in [-0.1, -0.05) is 6.07 Å². The molecule has 1 aliphatic heterocycles. The first kappa shape index (κ1) is 9.64. The monoisotopic (exact) mass is 213 g/mol. The molecular weight excluding hydrogens is 202 g/mol. The average Bonchev–Trinajstić information content (AvgIpc) is 2.71. The Labute approximate surface area is 85.5 Å². The molecule has 4 nitrogen and oxygen atoms in total. The van der Waals surface area contributed by atoms with E-state index in [2.05, 4.69) is 5.32 Å². The molecule has 2 heterocycles. The zero-order chi connectivity index (χ0) is 9.97. The third kappa shape index (κ3) is 1.95. The predicted octanol–water partition coefficient (Wildman–Crippen LogP) is 0.862. The lowest BCUT2D eigenvalue weighted by Crippen LogP contribution is -2.47. The molecule has 5 heteroatoms. The van der Waals surface area contributed by atoms with Gasteiger partial charge in [0.15, 0.2) is 0 Å². The van der Waals surface area contributed by atoms with Gasteiger partial charge in [-0.05, 0) is 11.4 Å². The molecule has 2 N–H and O–H groups in total. The van der Waals surface area contributed by atoms with Gasteiger partial charge in [0.1, 0.15) is 12.1 Å². The van der Waals surface area contributed by atoms with Gasteiger partial charge in [0.25, 0.3) is 0 Å². The van der Waals surface area contributed by atoms with Crippen molar-refractivity contribution in [3.63, 3.8) is 0 Å². The number of carbonyl (C=O) groups is 1. The third-order valence-corrected chi connectivity index (χ3v) is 3.14. The van der Waals surface area contributed by atoms with E-state index in [0.29, 0.717) is 6.54 Å². The minimum Gasteiger partial charge on any atom is -0.480 e. The Balaban J connectivity index is 1.93. The van der Waals surface area contributed by atoms with Crippen LogP contribution < -0.4 is 5.32 Å². The van der Waals surface area contributed by atoms with Crippen LogP contribution in [-0.4, -0.2) is 30.3 Å². The fourth-order valence-corrected chi connectivity index (χ4v) is 2.17. The smallest absolute Gasteiger partial charge is 0.323 e. The number of thiophene rings is 1. The number of nitrogens with one attached hydrogen (secondary N) is 1. The van der Waals surface area contributed by atoms with E-state index in [1.54, 1.807) is 11.3 Å². The van der Waals surface area contributed by atoms with Crippen molar-refractivity contribution in [1.29, 1.82) is 0 Å². The molecule has 1 fully saturated rings. The van der Waals surface area contributed by atoms with E-state index in [4.69, 9.17) is 9.84 Å². The van der Waals surface area contributed by atoms with Crippen LogP contribution in [0.25, 0.3) is 0 Å². The van der Waals surface area contributed by atoms with Crippen molar-refractivity contribution in [2.24, 2.45) is 0 Å². The maximum absolute atomic E-state index is 10.6. The second-order valence-electron chi connectivity index (χ2n) is 3.14. The van der Waals surface area contributed by atoms with Gasteiger partial charge in [0.05, 0.1) is 6.61 Å². The quantitative estimate of drug-likeness (QED) is 0.765. The lowest BCUT2D eigenvalue weighted by atomic mass is 10.2. The number of aliphatic carboxylic acids is 1. The van der Waals surface area contributed by atoms with E-state index in [1.165, 1.54) is 0 Å². The molecule has 1 saturated heterocycles. The summed E-state index contributed by atoms with van der Waals surface area (Å²) in [6, 6.07) is 3.40. The summed E-state index contributed by atoms with van der Waals surface area (Å²) >= 11 is 1.63. The Hall–Kier alpha value is -0.910. The van der Waals surface area contributed by atoms with Crippen LogP contribution in [0.3, 0.4) is 0 Å². The summed E-state index contributed by atoms with van der Waals surface area (Å²) in [6.45, 7) is 0.801. The van der Waals surface area contributed by atoms with Crippen LogP contribution in [0, 0.1) is 0 Å². The molecular formula is C9H11NO3S. The summed E-state index contributed by atoms with van der Waals surface area (Å²) in [7, 11) is 0. The van der Waals surface area contributed by atoms with Gasteiger partial charge in [0.2, 0.25) is 0 Å². The maximum atomic E-state index is 10.6. The molecule has 0 amide bonds. The zero-order valence-electron chi connectivity index (χ0n) is 7.47. The van der Waals surface area contributed by atoms with Gasteiger partial charge in [-0.3, -0.25) is 10.1 Å². The highest BCUT2D eigenvalue weighted by Gasteiger charge is 2.26. The van der Waals surface area contributed by atoms with Crippen LogP contribution >= 0.6 is 11.3 Å². The minimum atomic E-state index is -0.852. The molecule has 76 valence electrons. The number of carboxylic acids is 1. The van der Waals surface area contributed by atoms with Crippen molar-refractivity contribution >= 4 is 17.3 Å². The molecule has 14 heavy (non-hydrogen) atoms. The first-order chi connectivity index (χ1) is 6.77. The van der Waals surface area contributed by atoms with Crippen molar-refractivity contribution in [2.45, 2.75) is 12.1 Å². The number of ether oxygens (including phenoxy) is 1. The van der Waals surface area contributed by atoms with Gasteiger partial charge in [-0.15, -0.1) is 11.3 Å². The number of morpholine rings is 1. The van der Waals surface area contributed by atoms with Crippen molar-refractivity contribution < 1.29 is 14.6 Å². The number of carboxylic acid groups (broad SMARTS) is 1. The molecule has 0 spiro atoms. The van der Waals surface area contributed by atoms with E-state index < -0.39 is 12.0 Å². The summed E-state index contributed by atoms with van der Waals surface area (Å²) in [5.41, 5.74) is 0. The van der Waals surface area contributed by atoms with Crippen LogP contribution in [-0.2, 0) is 9.53 Å². The standard InChI is InChI=1S/C9H11NO3S/c11-9(12)6-5-13-7(4-10-6)8-2-1-3-14-8/h1-3,6-7,10H,4-5H2,(H,11,12).